The van der Waals surface area contributed by atoms with Crippen molar-refractivity contribution < 1.29 is 13.6 Å². The molecule has 1 aliphatic rings. The predicted octanol–water partition coefficient (Wildman–Crippen LogP) is 2.19. The number of aliphatic imine (C=N–C) groups is 1. The fourth-order valence-corrected chi connectivity index (χ4v) is 2.94. The van der Waals surface area contributed by atoms with Crippen molar-refractivity contribution in [3.63, 3.8) is 0 Å². The molecule has 0 bridgehead atoms. The molecule has 0 radical (unpaired) electrons. The molecule has 1 fully saturated rings. The highest BCUT2D eigenvalue weighted by atomic mass is 127. The molecular weight excluding hydrogens is 479 g/mol. The van der Waals surface area contributed by atoms with Crippen molar-refractivity contribution in [2.45, 2.75) is 33.4 Å². The number of guanidine groups is 1. The molecule has 2 rings (SSSR count). The molecule has 1 aromatic carbocycles. The molecule has 0 aromatic heterocycles. The van der Waals surface area contributed by atoms with Gasteiger partial charge in [0.15, 0.2) is 5.96 Å². The number of halogens is 3. The molecule has 0 atom stereocenters. The maximum Gasteiger partial charge on any atom is 0.234 e. The van der Waals surface area contributed by atoms with Gasteiger partial charge in [0.1, 0.15) is 11.6 Å². The maximum absolute atomic E-state index is 13.8. The Hall–Kier alpha value is -1.49. The highest BCUT2D eigenvalue weighted by molar-refractivity contribution is 14.0. The molecule has 0 aliphatic carbocycles. The van der Waals surface area contributed by atoms with Crippen molar-refractivity contribution >= 4 is 35.8 Å². The molecule has 1 heterocycles. The van der Waals surface area contributed by atoms with Gasteiger partial charge in [-0.2, -0.15) is 0 Å². The van der Waals surface area contributed by atoms with E-state index in [9.17, 15) is 13.6 Å². The van der Waals surface area contributed by atoms with Gasteiger partial charge < -0.3 is 15.5 Å². The van der Waals surface area contributed by atoms with Gasteiger partial charge in [-0.25, -0.2) is 13.8 Å². The van der Waals surface area contributed by atoms with Gasteiger partial charge in [0.2, 0.25) is 5.91 Å². The third-order valence-corrected chi connectivity index (χ3v) is 4.23. The Balaban J connectivity index is 0.00000392. The van der Waals surface area contributed by atoms with Crippen LogP contribution in [0.15, 0.2) is 23.2 Å². The van der Waals surface area contributed by atoms with Gasteiger partial charge in [-0.1, -0.05) is 0 Å². The molecular formula is C19H30F2IN5O. The van der Waals surface area contributed by atoms with E-state index < -0.39 is 11.6 Å². The zero-order valence-corrected chi connectivity index (χ0v) is 19.0. The van der Waals surface area contributed by atoms with E-state index in [1.807, 2.05) is 20.8 Å². The molecule has 1 saturated heterocycles. The SMILES string of the molecule is CCNC(=NCc1cc(F)ccc1F)N1CCN(CC(=O)NC(C)C)CC1.I. The molecule has 6 nitrogen and oxygen atoms in total. The van der Waals surface area contributed by atoms with E-state index in [2.05, 4.69) is 25.4 Å². The van der Waals surface area contributed by atoms with Crippen LogP contribution in [0.2, 0.25) is 0 Å². The van der Waals surface area contributed by atoms with E-state index >= 15 is 0 Å². The second kappa shape index (κ2) is 12.2. The van der Waals surface area contributed by atoms with Crippen LogP contribution in [-0.4, -0.2) is 67.0 Å². The zero-order valence-electron chi connectivity index (χ0n) is 16.7. The van der Waals surface area contributed by atoms with Crippen LogP contribution in [0.4, 0.5) is 8.78 Å². The lowest BCUT2D eigenvalue weighted by Gasteiger charge is -2.36. The Morgan fingerprint density at radius 3 is 2.50 bits per heavy atom. The first-order valence-electron chi connectivity index (χ1n) is 9.38. The number of nitrogens with one attached hydrogen (secondary N) is 2. The fourth-order valence-electron chi connectivity index (χ4n) is 2.94. The van der Waals surface area contributed by atoms with Crippen LogP contribution < -0.4 is 10.6 Å². The number of rotatable bonds is 6. The molecule has 9 heteroatoms. The lowest BCUT2D eigenvalue weighted by molar-refractivity contribution is -0.123. The van der Waals surface area contributed by atoms with Gasteiger partial charge in [-0.15, -0.1) is 24.0 Å². The van der Waals surface area contributed by atoms with Gasteiger partial charge >= 0.3 is 0 Å². The third kappa shape index (κ3) is 7.86. The summed E-state index contributed by atoms with van der Waals surface area (Å²) >= 11 is 0. The van der Waals surface area contributed by atoms with Crippen LogP contribution in [0, 0.1) is 11.6 Å². The van der Waals surface area contributed by atoms with E-state index in [0.29, 0.717) is 32.1 Å². The second-order valence-corrected chi connectivity index (χ2v) is 6.89. The highest BCUT2D eigenvalue weighted by Gasteiger charge is 2.21. The summed E-state index contributed by atoms with van der Waals surface area (Å²) in [6, 6.07) is 3.53. The highest BCUT2D eigenvalue weighted by Crippen LogP contribution is 2.11. The molecule has 158 valence electrons. The van der Waals surface area contributed by atoms with Crippen LogP contribution in [0.25, 0.3) is 0 Å². The Morgan fingerprint density at radius 1 is 1.21 bits per heavy atom. The summed E-state index contributed by atoms with van der Waals surface area (Å²) < 4.78 is 27.1. The average molecular weight is 509 g/mol. The van der Waals surface area contributed by atoms with Crippen LogP contribution in [-0.2, 0) is 11.3 Å². The summed E-state index contributed by atoms with van der Waals surface area (Å²) in [6.45, 7) is 9.89. The summed E-state index contributed by atoms with van der Waals surface area (Å²) in [7, 11) is 0. The van der Waals surface area contributed by atoms with Gasteiger partial charge in [0.25, 0.3) is 0 Å². The van der Waals surface area contributed by atoms with Gasteiger partial charge in [-0.3, -0.25) is 9.69 Å². The van der Waals surface area contributed by atoms with E-state index in [0.717, 1.165) is 25.2 Å². The van der Waals surface area contributed by atoms with Crippen LogP contribution >= 0.6 is 24.0 Å². The standard InChI is InChI=1S/C19H29F2N5O.HI/c1-4-22-19(23-12-15-11-16(20)5-6-17(15)21)26-9-7-25(8-10-26)13-18(27)24-14(2)3;/h5-6,11,14H,4,7-10,12-13H2,1-3H3,(H,22,23)(H,24,27);1H. The Bertz CT molecular complexity index is 664. The number of hydrogen-bond donors (Lipinski definition) is 2. The van der Waals surface area contributed by atoms with Gasteiger partial charge in [0, 0.05) is 44.3 Å². The first-order valence-corrected chi connectivity index (χ1v) is 9.38. The first kappa shape index (κ1) is 24.5. The van der Waals surface area contributed by atoms with Crippen molar-refractivity contribution in [2.24, 2.45) is 4.99 Å². The van der Waals surface area contributed by atoms with Crippen LogP contribution in [0.1, 0.15) is 26.3 Å². The molecule has 0 saturated carbocycles. The van der Waals surface area contributed by atoms with Crippen molar-refractivity contribution in [3.05, 3.63) is 35.4 Å². The summed E-state index contributed by atoms with van der Waals surface area (Å²) in [5.74, 6) is -0.232. The largest absolute Gasteiger partial charge is 0.357 e. The fraction of sp³-hybridized carbons (Fsp3) is 0.579. The molecule has 1 aromatic rings. The topological polar surface area (TPSA) is 60.0 Å². The summed E-state index contributed by atoms with van der Waals surface area (Å²) in [6.07, 6.45) is 0. The minimum Gasteiger partial charge on any atom is -0.357 e. The van der Waals surface area contributed by atoms with Crippen molar-refractivity contribution in [1.82, 2.24) is 20.4 Å². The minimum absolute atomic E-state index is 0. The Labute approximate surface area is 182 Å². The maximum atomic E-state index is 13.8. The summed E-state index contributed by atoms with van der Waals surface area (Å²) in [4.78, 5) is 20.5. The van der Waals surface area contributed by atoms with Crippen molar-refractivity contribution in [2.75, 3.05) is 39.3 Å². The molecule has 1 aliphatic heterocycles. The molecule has 28 heavy (non-hydrogen) atoms. The van der Waals surface area contributed by atoms with Crippen molar-refractivity contribution in [3.8, 4) is 0 Å². The number of piperazine rings is 1. The van der Waals surface area contributed by atoms with Gasteiger partial charge in [-0.05, 0) is 39.0 Å². The predicted molar refractivity (Wildman–Crippen MR) is 118 cm³/mol. The van der Waals surface area contributed by atoms with Crippen molar-refractivity contribution in [1.29, 1.82) is 0 Å². The lowest BCUT2D eigenvalue weighted by atomic mass is 10.2. The molecule has 0 unspecified atom stereocenters. The Morgan fingerprint density at radius 2 is 1.89 bits per heavy atom. The minimum atomic E-state index is -0.472. The van der Waals surface area contributed by atoms with E-state index in [-0.39, 0.29) is 48.0 Å². The molecule has 2 N–H and O–H groups in total. The third-order valence-electron chi connectivity index (χ3n) is 4.23. The zero-order chi connectivity index (χ0) is 19.8. The van der Waals surface area contributed by atoms with E-state index in [1.54, 1.807) is 0 Å². The summed E-state index contributed by atoms with van der Waals surface area (Å²) in [5.41, 5.74) is 0.231. The number of nitrogens with zero attached hydrogens (tertiary/aromatic N) is 3. The first-order chi connectivity index (χ1) is 12.9. The molecule has 1 amide bonds. The number of amides is 1. The monoisotopic (exact) mass is 509 g/mol. The molecule has 0 spiro atoms. The van der Waals surface area contributed by atoms with E-state index in [4.69, 9.17) is 0 Å². The van der Waals surface area contributed by atoms with Gasteiger partial charge in [0.05, 0.1) is 13.1 Å². The quantitative estimate of drug-likeness (QED) is 0.351. The lowest BCUT2D eigenvalue weighted by Crippen LogP contribution is -2.54. The number of hydrogen-bond acceptors (Lipinski definition) is 3. The second-order valence-electron chi connectivity index (χ2n) is 6.89. The Kier molecular flexibility index (Phi) is 10.7. The summed E-state index contributed by atoms with van der Waals surface area (Å²) in [5, 5.41) is 6.10. The number of benzene rings is 1. The number of carbonyl (C=O) groups excluding carboxylic acids is 1. The average Bonchev–Trinajstić information content (AvgIpc) is 2.61. The van der Waals surface area contributed by atoms with E-state index in [1.165, 1.54) is 6.07 Å². The smallest absolute Gasteiger partial charge is 0.234 e. The van der Waals surface area contributed by atoms with Crippen LogP contribution in [0.3, 0.4) is 0 Å². The number of carbonyl (C=O) groups is 1. The van der Waals surface area contributed by atoms with Crippen LogP contribution in [0.5, 0.6) is 0 Å². The normalized spacial score (nSPS) is 15.4.